The summed E-state index contributed by atoms with van der Waals surface area (Å²) < 4.78 is 37.1. The van der Waals surface area contributed by atoms with Gasteiger partial charge in [0.1, 0.15) is 0 Å². The number of benzene rings is 1. The van der Waals surface area contributed by atoms with Crippen LogP contribution in [0.2, 0.25) is 0 Å². The highest BCUT2D eigenvalue weighted by molar-refractivity contribution is 5.30. The van der Waals surface area contributed by atoms with Crippen molar-refractivity contribution in [2.45, 2.75) is 37.4 Å². The predicted octanol–water partition coefficient (Wildman–Crippen LogP) is 3.43. The molecule has 2 rings (SSSR count). The summed E-state index contributed by atoms with van der Waals surface area (Å²) >= 11 is 0. The Bertz CT molecular complexity index is 361. The van der Waals surface area contributed by atoms with Crippen molar-refractivity contribution < 1.29 is 13.2 Å². The molecule has 1 aliphatic rings. The molecule has 0 radical (unpaired) electrons. The van der Waals surface area contributed by atoms with E-state index in [9.17, 15) is 13.2 Å². The number of hydrogen-bond acceptors (Lipinski definition) is 1. The van der Waals surface area contributed by atoms with Crippen molar-refractivity contribution in [3.05, 3.63) is 35.4 Å². The van der Waals surface area contributed by atoms with Crippen molar-refractivity contribution in [1.29, 1.82) is 0 Å². The lowest BCUT2D eigenvalue weighted by atomic mass is 9.89. The first-order chi connectivity index (χ1) is 7.42. The zero-order chi connectivity index (χ0) is 11.8. The van der Waals surface area contributed by atoms with Gasteiger partial charge in [0.15, 0.2) is 0 Å². The lowest BCUT2D eigenvalue weighted by Gasteiger charge is -2.24. The molecule has 0 spiro atoms. The summed E-state index contributed by atoms with van der Waals surface area (Å²) in [6.45, 7) is 0. The summed E-state index contributed by atoms with van der Waals surface area (Å²) in [7, 11) is 0. The van der Waals surface area contributed by atoms with Gasteiger partial charge in [-0.2, -0.15) is 13.2 Å². The summed E-state index contributed by atoms with van der Waals surface area (Å²) in [5, 5.41) is 0. The first kappa shape index (κ1) is 11.5. The molecule has 0 saturated heterocycles. The van der Waals surface area contributed by atoms with Gasteiger partial charge in [0.2, 0.25) is 0 Å². The van der Waals surface area contributed by atoms with Gasteiger partial charge in [-0.15, -0.1) is 0 Å². The van der Waals surface area contributed by atoms with Crippen LogP contribution in [0.25, 0.3) is 0 Å². The third-order valence-corrected chi connectivity index (χ3v) is 3.28. The van der Waals surface area contributed by atoms with Crippen LogP contribution in [0.15, 0.2) is 24.3 Å². The second-order valence-electron chi connectivity index (χ2n) is 4.44. The maximum atomic E-state index is 12.4. The van der Waals surface area contributed by atoms with E-state index in [1.165, 1.54) is 12.1 Å². The molecular weight excluding hydrogens is 215 g/mol. The van der Waals surface area contributed by atoms with Gasteiger partial charge in [-0.05, 0) is 30.5 Å². The van der Waals surface area contributed by atoms with E-state index in [0.29, 0.717) is 0 Å². The third kappa shape index (κ3) is 2.07. The van der Waals surface area contributed by atoms with E-state index < -0.39 is 17.3 Å². The number of halogens is 3. The van der Waals surface area contributed by atoms with E-state index in [-0.39, 0.29) is 0 Å². The van der Waals surface area contributed by atoms with Gasteiger partial charge >= 0.3 is 6.18 Å². The van der Waals surface area contributed by atoms with Gasteiger partial charge in [-0.3, -0.25) is 0 Å². The van der Waals surface area contributed by atoms with Gasteiger partial charge < -0.3 is 5.73 Å². The Morgan fingerprint density at radius 3 is 1.94 bits per heavy atom. The fourth-order valence-corrected chi connectivity index (χ4v) is 2.29. The van der Waals surface area contributed by atoms with E-state index in [1.54, 1.807) is 0 Å². The molecule has 0 amide bonds. The molecule has 1 fully saturated rings. The molecule has 0 heterocycles. The molecule has 0 aliphatic heterocycles. The Hall–Kier alpha value is -1.03. The van der Waals surface area contributed by atoms with Crippen LogP contribution >= 0.6 is 0 Å². The van der Waals surface area contributed by atoms with Gasteiger partial charge in [-0.25, -0.2) is 0 Å². The Labute approximate surface area is 92.5 Å². The van der Waals surface area contributed by atoms with Gasteiger partial charge in [0.05, 0.1) is 5.56 Å². The average molecular weight is 229 g/mol. The molecule has 4 heteroatoms. The Morgan fingerprint density at radius 1 is 1.00 bits per heavy atom. The second-order valence-corrected chi connectivity index (χ2v) is 4.44. The minimum atomic E-state index is -4.27. The zero-order valence-corrected chi connectivity index (χ0v) is 8.85. The molecule has 1 saturated carbocycles. The number of rotatable bonds is 1. The number of hydrogen-bond donors (Lipinski definition) is 1. The second kappa shape index (κ2) is 3.77. The standard InChI is InChI=1S/C12H14F3N/c13-12(14,15)10-5-3-9(4-6-10)11(16)7-1-2-8-11/h3-6H,1-2,7-8,16H2. The molecule has 0 unspecified atom stereocenters. The van der Waals surface area contributed by atoms with E-state index in [2.05, 4.69) is 0 Å². The fraction of sp³-hybridized carbons (Fsp3) is 0.500. The van der Waals surface area contributed by atoms with Gasteiger partial charge in [0.25, 0.3) is 0 Å². The van der Waals surface area contributed by atoms with Crippen LogP contribution in [0.5, 0.6) is 0 Å². The lowest BCUT2D eigenvalue weighted by molar-refractivity contribution is -0.137. The number of alkyl halides is 3. The number of nitrogens with two attached hydrogens (primary N) is 1. The summed E-state index contributed by atoms with van der Waals surface area (Å²) in [5.41, 5.74) is 5.95. The van der Waals surface area contributed by atoms with Crippen molar-refractivity contribution in [1.82, 2.24) is 0 Å². The topological polar surface area (TPSA) is 26.0 Å². The molecule has 88 valence electrons. The quantitative estimate of drug-likeness (QED) is 0.784. The highest BCUT2D eigenvalue weighted by Gasteiger charge is 2.33. The first-order valence-corrected chi connectivity index (χ1v) is 5.38. The van der Waals surface area contributed by atoms with Crippen molar-refractivity contribution in [3.8, 4) is 0 Å². The summed E-state index contributed by atoms with van der Waals surface area (Å²) in [6, 6.07) is 5.24. The maximum Gasteiger partial charge on any atom is 0.416 e. The lowest BCUT2D eigenvalue weighted by Crippen LogP contribution is -2.33. The molecule has 1 aliphatic carbocycles. The Kier molecular flexibility index (Phi) is 2.70. The van der Waals surface area contributed by atoms with Crippen molar-refractivity contribution in [2.24, 2.45) is 5.73 Å². The molecule has 0 atom stereocenters. The Balaban J connectivity index is 2.26. The summed E-state index contributed by atoms with van der Waals surface area (Å²) in [4.78, 5) is 0. The highest BCUT2D eigenvalue weighted by atomic mass is 19.4. The van der Waals surface area contributed by atoms with Crippen molar-refractivity contribution in [2.75, 3.05) is 0 Å². The van der Waals surface area contributed by atoms with Crippen LogP contribution in [-0.4, -0.2) is 0 Å². The zero-order valence-electron chi connectivity index (χ0n) is 8.85. The molecule has 0 aromatic heterocycles. The van der Waals surface area contributed by atoms with Crippen LogP contribution < -0.4 is 5.73 Å². The van der Waals surface area contributed by atoms with Crippen LogP contribution in [0, 0.1) is 0 Å². The largest absolute Gasteiger partial charge is 0.416 e. The van der Waals surface area contributed by atoms with Gasteiger partial charge in [-0.1, -0.05) is 25.0 Å². The van der Waals surface area contributed by atoms with Crippen LogP contribution in [0.1, 0.15) is 36.8 Å². The van der Waals surface area contributed by atoms with Gasteiger partial charge in [0, 0.05) is 5.54 Å². The summed E-state index contributed by atoms with van der Waals surface area (Å²) in [5.74, 6) is 0. The van der Waals surface area contributed by atoms with Crippen LogP contribution in [-0.2, 0) is 11.7 Å². The van der Waals surface area contributed by atoms with Crippen molar-refractivity contribution in [3.63, 3.8) is 0 Å². The normalized spacial score (nSPS) is 20.0. The average Bonchev–Trinajstić information content (AvgIpc) is 2.66. The molecular formula is C12H14F3N. The molecule has 2 N–H and O–H groups in total. The van der Waals surface area contributed by atoms with E-state index in [0.717, 1.165) is 43.4 Å². The van der Waals surface area contributed by atoms with Crippen molar-refractivity contribution >= 4 is 0 Å². The van der Waals surface area contributed by atoms with Crippen LogP contribution in [0.3, 0.4) is 0 Å². The maximum absolute atomic E-state index is 12.4. The molecule has 16 heavy (non-hydrogen) atoms. The third-order valence-electron chi connectivity index (χ3n) is 3.28. The van der Waals surface area contributed by atoms with E-state index in [1.807, 2.05) is 0 Å². The predicted molar refractivity (Wildman–Crippen MR) is 55.8 cm³/mol. The molecule has 1 aromatic rings. The molecule has 0 bridgehead atoms. The summed E-state index contributed by atoms with van der Waals surface area (Å²) in [6.07, 6.45) is -0.443. The molecule has 1 aromatic carbocycles. The minimum absolute atomic E-state index is 0.413. The van der Waals surface area contributed by atoms with E-state index >= 15 is 0 Å². The first-order valence-electron chi connectivity index (χ1n) is 5.38. The van der Waals surface area contributed by atoms with E-state index in [4.69, 9.17) is 5.73 Å². The molecule has 1 nitrogen and oxygen atoms in total. The minimum Gasteiger partial charge on any atom is -0.321 e. The monoisotopic (exact) mass is 229 g/mol. The highest BCUT2D eigenvalue weighted by Crippen LogP contribution is 2.37. The SMILES string of the molecule is NC1(c2ccc(C(F)(F)F)cc2)CCCC1. The fourth-order valence-electron chi connectivity index (χ4n) is 2.29. The van der Waals surface area contributed by atoms with Crippen LogP contribution in [0.4, 0.5) is 13.2 Å². The Morgan fingerprint density at radius 2 is 1.50 bits per heavy atom. The smallest absolute Gasteiger partial charge is 0.321 e.